The highest BCUT2D eigenvalue weighted by Crippen LogP contribution is 2.36. The number of rotatable bonds is 4. The van der Waals surface area contributed by atoms with E-state index in [1.54, 1.807) is 12.3 Å². The van der Waals surface area contributed by atoms with E-state index >= 15 is 0 Å². The van der Waals surface area contributed by atoms with Gasteiger partial charge >= 0.3 is 0 Å². The van der Waals surface area contributed by atoms with Gasteiger partial charge in [-0.3, -0.25) is 4.79 Å². The fraction of sp³-hybridized carbons (Fsp3) is 0.529. The molecule has 1 aromatic heterocycles. The van der Waals surface area contributed by atoms with Crippen LogP contribution in [0.1, 0.15) is 49.9 Å². The number of anilines is 1. The van der Waals surface area contributed by atoms with Crippen molar-refractivity contribution in [3.8, 4) is 12.3 Å². The number of hydrogen-bond donors (Lipinski definition) is 2. The van der Waals surface area contributed by atoms with E-state index in [4.69, 9.17) is 6.42 Å². The third-order valence-corrected chi connectivity index (χ3v) is 3.93. The second-order valence-electron chi connectivity index (χ2n) is 6.42. The second kappa shape index (κ2) is 6.62. The lowest BCUT2D eigenvalue weighted by Gasteiger charge is -2.35. The largest absolute Gasteiger partial charge is 0.367 e. The van der Waals surface area contributed by atoms with Crippen LogP contribution in [-0.2, 0) is 0 Å². The van der Waals surface area contributed by atoms with Crippen LogP contribution >= 0.6 is 0 Å². The van der Waals surface area contributed by atoms with Gasteiger partial charge in [0.25, 0.3) is 5.91 Å². The smallest absolute Gasteiger partial charge is 0.253 e. The van der Waals surface area contributed by atoms with E-state index in [1.165, 1.54) is 19.3 Å². The molecule has 0 spiro atoms. The number of carbonyl (C=O) groups is 1. The number of carbonyl (C=O) groups excluding carboxylic acids is 1. The van der Waals surface area contributed by atoms with Crippen molar-refractivity contribution in [3.63, 3.8) is 0 Å². The lowest BCUT2D eigenvalue weighted by Crippen LogP contribution is -2.32. The van der Waals surface area contributed by atoms with Crippen molar-refractivity contribution in [2.45, 2.75) is 45.6 Å². The average molecular weight is 285 g/mol. The molecule has 0 aromatic carbocycles. The summed E-state index contributed by atoms with van der Waals surface area (Å²) in [6.07, 6.45) is 11.6. The molecule has 2 N–H and O–H groups in total. The molecule has 4 nitrogen and oxygen atoms in total. The molecule has 1 amide bonds. The Balaban J connectivity index is 1.93. The standard InChI is InChI=1S/C17H23N3O/c1-4-10-18-16(21)13-7-8-15(19-12-13)20-14-6-5-9-17(2,3)11-14/h1,7-8,12,14H,5-6,9-11H2,2-3H3,(H,18,21)(H,19,20). The molecule has 2 rings (SSSR count). The predicted octanol–water partition coefficient (Wildman–Crippen LogP) is 2.83. The molecule has 21 heavy (non-hydrogen) atoms. The molecular formula is C17H23N3O. The molecule has 1 aromatic rings. The molecule has 4 heteroatoms. The summed E-state index contributed by atoms with van der Waals surface area (Å²) in [7, 11) is 0. The van der Waals surface area contributed by atoms with Gasteiger partial charge in [0, 0.05) is 12.2 Å². The number of hydrogen-bond acceptors (Lipinski definition) is 3. The first-order valence-electron chi connectivity index (χ1n) is 7.44. The van der Waals surface area contributed by atoms with Gasteiger partial charge in [0.05, 0.1) is 12.1 Å². The molecule has 1 aliphatic carbocycles. The van der Waals surface area contributed by atoms with Gasteiger partial charge in [-0.05, 0) is 36.8 Å². The Kier molecular flexibility index (Phi) is 4.85. The molecule has 0 aliphatic heterocycles. The lowest BCUT2D eigenvalue weighted by molar-refractivity contribution is 0.0958. The molecule has 0 bridgehead atoms. The van der Waals surface area contributed by atoms with Crippen molar-refractivity contribution in [2.75, 3.05) is 11.9 Å². The van der Waals surface area contributed by atoms with Gasteiger partial charge in [0.1, 0.15) is 5.82 Å². The molecule has 1 atom stereocenters. The third-order valence-electron chi connectivity index (χ3n) is 3.93. The van der Waals surface area contributed by atoms with Crippen LogP contribution in [0.2, 0.25) is 0 Å². The van der Waals surface area contributed by atoms with Crippen LogP contribution in [0.5, 0.6) is 0 Å². The number of pyridine rings is 1. The summed E-state index contributed by atoms with van der Waals surface area (Å²) in [5.74, 6) is 3.01. The Hall–Kier alpha value is -2.02. The minimum absolute atomic E-state index is 0.189. The Morgan fingerprint density at radius 2 is 2.33 bits per heavy atom. The Morgan fingerprint density at radius 3 is 2.95 bits per heavy atom. The normalized spacial score (nSPS) is 20.3. The van der Waals surface area contributed by atoms with Crippen LogP contribution in [0.3, 0.4) is 0 Å². The summed E-state index contributed by atoms with van der Waals surface area (Å²) < 4.78 is 0. The second-order valence-corrected chi connectivity index (χ2v) is 6.42. The molecule has 0 saturated heterocycles. The van der Waals surface area contributed by atoms with Crippen LogP contribution in [0.25, 0.3) is 0 Å². The zero-order valence-electron chi connectivity index (χ0n) is 12.8. The third kappa shape index (κ3) is 4.49. The SMILES string of the molecule is C#CCNC(=O)c1ccc(NC2CCCC(C)(C)C2)nc1. The molecule has 1 saturated carbocycles. The van der Waals surface area contributed by atoms with Gasteiger partial charge in [-0.15, -0.1) is 6.42 Å². The maximum Gasteiger partial charge on any atom is 0.253 e. The van der Waals surface area contributed by atoms with Crippen LogP contribution in [0, 0.1) is 17.8 Å². The van der Waals surface area contributed by atoms with Crippen molar-refractivity contribution in [3.05, 3.63) is 23.9 Å². The van der Waals surface area contributed by atoms with E-state index in [0.717, 1.165) is 12.2 Å². The minimum atomic E-state index is -0.189. The van der Waals surface area contributed by atoms with Gasteiger partial charge in [0.2, 0.25) is 0 Å². The minimum Gasteiger partial charge on any atom is -0.367 e. The van der Waals surface area contributed by atoms with Crippen molar-refractivity contribution in [1.29, 1.82) is 0 Å². The molecule has 1 aliphatic rings. The molecule has 1 fully saturated rings. The van der Waals surface area contributed by atoms with Gasteiger partial charge in [-0.1, -0.05) is 26.2 Å². The fourth-order valence-electron chi connectivity index (χ4n) is 2.88. The first-order chi connectivity index (χ1) is 10.00. The van der Waals surface area contributed by atoms with E-state index in [1.807, 2.05) is 6.07 Å². The molecule has 0 radical (unpaired) electrons. The number of nitrogens with one attached hydrogen (secondary N) is 2. The quantitative estimate of drug-likeness (QED) is 0.836. The summed E-state index contributed by atoms with van der Waals surface area (Å²) in [6.45, 7) is 4.86. The van der Waals surface area contributed by atoms with Gasteiger partial charge in [0.15, 0.2) is 0 Å². The average Bonchev–Trinajstić information content (AvgIpc) is 2.44. The maximum absolute atomic E-state index is 11.7. The Labute approximate surface area is 126 Å². The Bertz CT molecular complexity index is 528. The van der Waals surface area contributed by atoms with E-state index in [-0.39, 0.29) is 12.5 Å². The monoisotopic (exact) mass is 285 g/mol. The highest BCUT2D eigenvalue weighted by atomic mass is 16.1. The van der Waals surface area contributed by atoms with Gasteiger partial charge in [-0.2, -0.15) is 0 Å². The van der Waals surface area contributed by atoms with Crippen LogP contribution in [0.15, 0.2) is 18.3 Å². The van der Waals surface area contributed by atoms with Crippen molar-refractivity contribution in [2.24, 2.45) is 5.41 Å². The fourth-order valence-corrected chi connectivity index (χ4v) is 2.88. The van der Waals surface area contributed by atoms with Gasteiger partial charge in [-0.25, -0.2) is 4.98 Å². The summed E-state index contributed by atoms with van der Waals surface area (Å²) in [4.78, 5) is 16.0. The number of terminal acetylenes is 1. The molecule has 1 unspecified atom stereocenters. The maximum atomic E-state index is 11.7. The highest BCUT2D eigenvalue weighted by Gasteiger charge is 2.27. The van der Waals surface area contributed by atoms with Crippen molar-refractivity contribution in [1.82, 2.24) is 10.3 Å². The number of amides is 1. The summed E-state index contributed by atoms with van der Waals surface area (Å²) in [5, 5.41) is 6.10. The molecular weight excluding hydrogens is 262 g/mol. The predicted molar refractivity (Wildman–Crippen MR) is 85.1 cm³/mol. The Morgan fingerprint density at radius 1 is 1.52 bits per heavy atom. The van der Waals surface area contributed by atoms with E-state index in [2.05, 4.69) is 35.4 Å². The first-order valence-corrected chi connectivity index (χ1v) is 7.44. The van der Waals surface area contributed by atoms with Gasteiger partial charge < -0.3 is 10.6 Å². The number of aromatic nitrogens is 1. The van der Waals surface area contributed by atoms with Crippen molar-refractivity contribution >= 4 is 11.7 Å². The van der Waals surface area contributed by atoms with E-state index < -0.39 is 0 Å². The zero-order chi connectivity index (χ0) is 15.3. The van der Waals surface area contributed by atoms with Crippen LogP contribution in [-0.4, -0.2) is 23.5 Å². The van der Waals surface area contributed by atoms with Crippen molar-refractivity contribution < 1.29 is 4.79 Å². The van der Waals surface area contributed by atoms with E-state index in [0.29, 0.717) is 17.0 Å². The number of nitrogens with zero attached hydrogens (tertiary/aromatic N) is 1. The first kappa shape index (κ1) is 15.4. The summed E-state index contributed by atoms with van der Waals surface area (Å²) in [6, 6.07) is 4.09. The zero-order valence-corrected chi connectivity index (χ0v) is 12.8. The summed E-state index contributed by atoms with van der Waals surface area (Å²) in [5.41, 5.74) is 0.921. The van der Waals surface area contributed by atoms with E-state index in [9.17, 15) is 4.79 Å². The topological polar surface area (TPSA) is 54.0 Å². The molecule has 1 heterocycles. The molecule has 112 valence electrons. The lowest BCUT2D eigenvalue weighted by atomic mass is 9.75. The van der Waals surface area contributed by atoms with Crippen LogP contribution in [0.4, 0.5) is 5.82 Å². The summed E-state index contributed by atoms with van der Waals surface area (Å²) >= 11 is 0. The highest BCUT2D eigenvalue weighted by molar-refractivity contribution is 5.94. The van der Waals surface area contributed by atoms with Crippen LogP contribution < -0.4 is 10.6 Å².